The molecule has 1 unspecified atom stereocenters. The van der Waals surface area contributed by atoms with E-state index in [0.717, 1.165) is 46.9 Å². The molecule has 1 saturated heterocycles. The number of aryl methyl sites for hydroxylation is 2. The third-order valence-corrected chi connectivity index (χ3v) is 5.19. The molecule has 4 heterocycles. The summed E-state index contributed by atoms with van der Waals surface area (Å²) in [6.45, 7) is 7.13. The number of nitrogens with zero attached hydrogens (tertiary/aromatic N) is 6. The molecule has 3 aromatic heterocycles. The Bertz CT molecular complexity index is 846. The van der Waals surface area contributed by atoms with Crippen molar-refractivity contribution >= 4 is 16.5 Å². The highest BCUT2D eigenvalue weighted by atomic mass is 32.1. The third kappa shape index (κ3) is 3.54. The summed E-state index contributed by atoms with van der Waals surface area (Å²) in [4.78, 5) is 6.58. The molecule has 1 fully saturated rings. The lowest BCUT2D eigenvalue weighted by atomic mass is 10.3. The summed E-state index contributed by atoms with van der Waals surface area (Å²) >= 11 is 1.57. The van der Waals surface area contributed by atoms with E-state index < -0.39 is 0 Å². The van der Waals surface area contributed by atoms with E-state index >= 15 is 0 Å². The molecule has 25 heavy (non-hydrogen) atoms. The van der Waals surface area contributed by atoms with Crippen molar-refractivity contribution in [2.24, 2.45) is 0 Å². The quantitative estimate of drug-likeness (QED) is 0.715. The maximum absolute atomic E-state index is 5.93. The van der Waals surface area contributed by atoms with Gasteiger partial charge in [-0.25, -0.2) is 0 Å². The standard InChI is InChI=1S/C17H20N6OS/c1-12-9-13(2)23(21-12)11-14-10-22(7-8-24-14)17-20-19-16(25-17)15-5-3-4-6-18-15/h3-6,9,14H,7-8,10-11H2,1-2H3. The van der Waals surface area contributed by atoms with E-state index in [1.54, 1.807) is 17.5 Å². The number of aromatic nitrogens is 5. The highest BCUT2D eigenvalue weighted by Crippen LogP contribution is 2.28. The van der Waals surface area contributed by atoms with E-state index in [4.69, 9.17) is 4.74 Å². The van der Waals surface area contributed by atoms with Gasteiger partial charge in [-0.3, -0.25) is 9.67 Å². The van der Waals surface area contributed by atoms with Crippen LogP contribution in [0.5, 0.6) is 0 Å². The fourth-order valence-corrected chi connectivity index (χ4v) is 3.85. The smallest absolute Gasteiger partial charge is 0.208 e. The minimum atomic E-state index is 0.0916. The van der Waals surface area contributed by atoms with Gasteiger partial charge in [-0.05, 0) is 32.0 Å². The molecule has 1 aliphatic heterocycles. The number of hydrogen-bond donors (Lipinski definition) is 0. The van der Waals surface area contributed by atoms with Gasteiger partial charge in [0.2, 0.25) is 5.13 Å². The Morgan fingerprint density at radius 3 is 2.96 bits per heavy atom. The molecule has 0 spiro atoms. The third-order valence-electron chi connectivity index (χ3n) is 4.19. The van der Waals surface area contributed by atoms with Gasteiger partial charge in [0.1, 0.15) is 5.69 Å². The van der Waals surface area contributed by atoms with Gasteiger partial charge in [0.15, 0.2) is 5.01 Å². The molecule has 0 aromatic carbocycles. The van der Waals surface area contributed by atoms with Crippen LogP contribution in [0.4, 0.5) is 5.13 Å². The number of anilines is 1. The topological polar surface area (TPSA) is 69.0 Å². The van der Waals surface area contributed by atoms with Crippen LogP contribution in [0, 0.1) is 13.8 Å². The van der Waals surface area contributed by atoms with Crippen molar-refractivity contribution in [1.29, 1.82) is 0 Å². The number of ether oxygens (including phenoxy) is 1. The van der Waals surface area contributed by atoms with Crippen molar-refractivity contribution in [2.45, 2.75) is 26.5 Å². The molecule has 4 rings (SSSR count). The van der Waals surface area contributed by atoms with Crippen LogP contribution in [0.15, 0.2) is 30.5 Å². The van der Waals surface area contributed by atoms with Gasteiger partial charge in [0.05, 0.1) is 24.9 Å². The zero-order chi connectivity index (χ0) is 17.2. The molecule has 0 amide bonds. The molecule has 3 aromatic rings. The van der Waals surface area contributed by atoms with E-state index in [0.29, 0.717) is 6.61 Å². The van der Waals surface area contributed by atoms with Gasteiger partial charge in [-0.1, -0.05) is 17.4 Å². The molecule has 130 valence electrons. The van der Waals surface area contributed by atoms with Crippen LogP contribution in [0.25, 0.3) is 10.7 Å². The van der Waals surface area contributed by atoms with Crippen LogP contribution < -0.4 is 4.90 Å². The number of hydrogen-bond acceptors (Lipinski definition) is 7. The van der Waals surface area contributed by atoms with Crippen molar-refractivity contribution in [1.82, 2.24) is 25.0 Å². The predicted octanol–water partition coefficient (Wildman–Crippen LogP) is 2.32. The highest BCUT2D eigenvalue weighted by molar-refractivity contribution is 7.18. The zero-order valence-corrected chi connectivity index (χ0v) is 15.1. The summed E-state index contributed by atoms with van der Waals surface area (Å²) < 4.78 is 7.95. The Hall–Kier alpha value is -2.32. The van der Waals surface area contributed by atoms with Crippen LogP contribution in [-0.4, -0.2) is 50.8 Å². The molecule has 0 radical (unpaired) electrons. The Balaban J connectivity index is 1.46. The van der Waals surface area contributed by atoms with Crippen LogP contribution in [0.2, 0.25) is 0 Å². The van der Waals surface area contributed by atoms with Crippen LogP contribution in [-0.2, 0) is 11.3 Å². The first kappa shape index (κ1) is 16.2. The van der Waals surface area contributed by atoms with Crippen molar-refractivity contribution < 1.29 is 4.74 Å². The lowest BCUT2D eigenvalue weighted by molar-refractivity contribution is 0.0269. The van der Waals surface area contributed by atoms with Crippen molar-refractivity contribution in [3.8, 4) is 10.7 Å². The first-order chi connectivity index (χ1) is 12.2. The molecular weight excluding hydrogens is 336 g/mol. The molecule has 1 atom stereocenters. The highest BCUT2D eigenvalue weighted by Gasteiger charge is 2.24. The second-order valence-electron chi connectivity index (χ2n) is 6.15. The molecule has 0 saturated carbocycles. The van der Waals surface area contributed by atoms with Crippen molar-refractivity contribution in [2.75, 3.05) is 24.6 Å². The minimum absolute atomic E-state index is 0.0916. The van der Waals surface area contributed by atoms with Gasteiger partial charge in [-0.15, -0.1) is 10.2 Å². The molecule has 1 aliphatic rings. The fraction of sp³-hybridized carbons (Fsp3) is 0.412. The van der Waals surface area contributed by atoms with Crippen molar-refractivity contribution in [3.63, 3.8) is 0 Å². The largest absolute Gasteiger partial charge is 0.373 e. The monoisotopic (exact) mass is 356 g/mol. The maximum Gasteiger partial charge on any atom is 0.208 e. The summed E-state index contributed by atoms with van der Waals surface area (Å²) in [6, 6.07) is 7.90. The SMILES string of the molecule is Cc1cc(C)n(CC2CN(c3nnc(-c4ccccn4)s3)CCO2)n1. The molecule has 0 bridgehead atoms. The Morgan fingerprint density at radius 1 is 1.28 bits per heavy atom. The maximum atomic E-state index is 5.93. The van der Waals surface area contributed by atoms with Gasteiger partial charge in [0.25, 0.3) is 0 Å². The van der Waals surface area contributed by atoms with Crippen LogP contribution >= 0.6 is 11.3 Å². The molecule has 7 nitrogen and oxygen atoms in total. The summed E-state index contributed by atoms with van der Waals surface area (Å²) in [5.41, 5.74) is 3.06. The Morgan fingerprint density at radius 2 is 2.20 bits per heavy atom. The van der Waals surface area contributed by atoms with Crippen LogP contribution in [0.3, 0.4) is 0 Å². The van der Waals surface area contributed by atoms with Gasteiger partial charge in [0, 0.05) is 25.0 Å². The van der Waals surface area contributed by atoms with Crippen LogP contribution in [0.1, 0.15) is 11.4 Å². The summed E-state index contributed by atoms with van der Waals surface area (Å²) in [5, 5.41) is 14.9. The summed E-state index contributed by atoms with van der Waals surface area (Å²) in [6.07, 6.45) is 1.87. The molecule has 0 aliphatic carbocycles. The first-order valence-corrected chi connectivity index (χ1v) is 9.13. The molecule has 0 N–H and O–H groups in total. The van der Waals surface area contributed by atoms with E-state index in [1.807, 2.05) is 29.8 Å². The Kier molecular flexibility index (Phi) is 4.46. The van der Waals surface area contributed by atoms with Gasteiger partial charge >= 0.3 is 0 Å². The first-order valence-electron chi connectivity index (χ1n) is 8.31. The minimum Gasteiger partial charge on any atom is -0.373 e. The van der Waals surface area contributed by atoms with E-state index in [9.17, 15) is 0 Å². The van der Waals surface area contributed by atoms with E-state index in [1.165, 1.54) is 0 Å². The number of morpholine rings is 1. The number of pyridine rings is 1. The average molecular weight is 356 g/mol. The molecule has 8 heteroatoms. The predicted molar refractivity (Wildman–Crippen MR) is 96.8 cm³/mol. The van der Waals surface area contributed by atoms with E-state index in [2.05, 4.69) is 38.2 Å². The fourth-order valence-electron chi connectivity index (χ4n) is 2.99. The normalized spacial score (nSPS) is 17.8. The lowest BCUT2D eigenvalue weighted by Crippen LogP contribution is -2.44. The zero-order valence-electron chi connectivity index (χ0n) is 14.3. The average Bonchev–Trinajstić information content (AvgIpc) is 3.23. The van der Waals surface area contributed by atoms with Gasteiger partial charge in [-0.2, -0.15) is 5.10 Å². The summed E-state index contributed by atoms with van der Waals surface area (Å²) in [5.74, 6) is 0. The number of rotatable bonds is 4. The van der Waals surface area contributed by atoms with Gasteiger partial charge < -0.3 is 9.64 Å². The van der Waals surface area contributed by atoms with Crippen molar-refractivity contribution in [3.05, 3.63) is 41.9 Å². The second kappa shape index (κ2) is 6.89. The lowest BCUT2D eigenvalue weighted by Gasteiger charge is -2.32. The summed E-state index contributed by atoms with van der Waals surface area (Å²) in [7, 11) is 0. The Labute approximate surface area is 150 Å². The van der Waals surface area contributed by atoms with E-state index in [-0.39, 0.29) is 6.10 Å². The molecular formula is C17H20N6OS. The second-order valence-corrected chi connectivity index (χ2v) is 7.11.